The van der Waals surface area contributed by atoms with Gasteiger partial charge in [0.25, 0.3) is 0 Å². The normalized spacial score (nSPS) is 10.3. The molecule has 5 heteroatoms. The van der Waals surface area contributed by atoms with Crippen molar-refractivity contribution in [3.63, 3.8) is 0 Å². The first-order valence-electron chi connectivity index (χ1n) is 8.90. The Labute approximate surface area is 159 Å². The number of hydrogen-bond donors (Lipinski definition) is 1. The number of pyridine rings is 1. The van der Waals surface area contributed by atoms with Gasteiger partial charge in [-0.3, -0.25) is 9.78 Å². The zero-order valence-corrected chi connectivity index (χ0v) is 15.3. The quantitative estimate of drug-likeness (QED) is 0.659. The number of amides is 1. The molecular weight excluding hydrogens is 338 g/mol. The monoisotopic (exact) mass is 361 g/mol. The summed E-state index contributed by atoms with van der Waals surface area (Å²) in [4.78, 5) is 18.0. The van der Waals surface area contributed by atoms with E-state index < -0.39 is 0 Å². The predicted octanol–water partition coefficient (Wildman–Crippen LogP) is 3.99. The molecule has 0 saturated carbocycles. The molecule has 0 bridgehead atoms. The fourth-order valence-electron chi connectivity index (χ4n) is 2.55. The summed E-state index contributed by atoms with van der Waals surface area (Å²) in [5.74, 6) is 1.60. The average molecular weight is 361 g/mol. The smallest absolute Gasteiger partial charge is 0.241 e. The fraction of sp³-hybridized carbons (Fsp3) is 0.182. The number of benzene rings is 2. The van der Waals surface area contributed by atoms with Crippen LogP contribution in [-0.4, -0.2) is 35.9 Å². The van der Waals surface area contributed by atoms with Crippen molar-refractivity contribution < 1.29 is 9.53 Å². The van der Waals surface area contributed by atoms with Crippen molar-refractivity contribution in [1.82, 2.24) is 9.88 Å². The van der Waals surface area contributed by atoms with Crippen LogP contribution in [0.1, 0.15) is 5.56 Å². The van der Waals surface area contributed by atoms with Gasteiger partial charge in [0.1, 0.15) is 11.5 Å². The molecule has 0 radical (unpaired) electrons. The van der Waals surface area contributed by atoms with Gasteiger partial charge in [-0.25, -0.2) is 0 Å². The van der Waals surface area contributed by atoms with Gasteiger partial charge in [0.05, 0.1) is 6.54 Å². The average Bonchev–Trinajstić information content (AvgIpc) is 2.73. The summed E-state index contributed by atoms with van der Waals surface area (Å²) in [7, 11) is 1.82. The molecule has 27 heavy (non-hydrogen) atoms. The van der Waals surface area contributed by atoms with E-state index in [1.54, 1.807) is 17.3 Å². The number of anilines is 1. The molecule has 0 saturated heterocycles. The first-order chi connectivity index (χ1) is 13.2. The summed E-state index contributed by atoms with van der Waals surface area (Å²) < 4.78 is 5.76. The van der Waals surface area contributed by atoms with Crippen LogP contribution in [0.3, 0.4) is 0 Å². The Morgan fingerprint density at radius 2 is 1.63 bits per heavy atom. The second kappa shape index (κ2) is 9.38. The van der Waals surface area contributed by atoms with E-state index in [0.29, 0.717) is 6.54 Å². The largest absolute Gasteiger partial charge is 0.457 e. The lowest BCUT2D eigenvalue weighted by atomic mass is 10.2. The number of carbonyl (C=O) groups excluding carboxylic acids is 1. The summed E-state index contributed by atoms with van der Waals surface area (Å²) in [5, 5.41) is 3.16. The van der Waals surface area contributed by atoms with Crippen LogP contribution in [0.15, 0.2) is 79.1 Å². The topological polar surface area (TPSA) is 54.5 Å². The number of nitrogens with zero attached hydrogens (tertiary/aromatic N) is 2. The molecule has 138 valence electrons. The number of likely N-dealkylation sites (N-methyl/N-ethyl adjacent to an activating group) is 1. The number of para-hydroxylation sites is 1. The van der Waals surface area contributed by atoms with E-state index in [1.165, 1.54) is 5.56 Å². The molecule has 0 aliphatic carbocycles. The van der Waals surface area contributed by atoms with Gasteiger partial charge in [-0.1, -0.05) is 18.2 Å². The summed E-state index contributed by atoms with van der Waals surface area (Å²) in [6, 6.07) is 21.1. The van der Waals surface area contributed by atoms with Crippen LogP contribution in [-0.2, 0) is 11.2 Å². The summed E-state index contributed by atoms with van der Waals surface area (Å²) in [6.07, 6.45) is 4.35. The van der Waals surface area contributed by atoms with Gasteiger partial charge < -0.3 is 15.0 Å². The Balaban J connectivity index is 1.44. The molecule has 3 rings (SSSR count). The maximum Gasteiger partial charge on any atom is 0.241 e. The molecule has 0 spiro atoms. The van der Waals surface area contributed by atoms with E-state index in [4.69, 9.17) is 4.74 Å². The van der Waals surface area contributed by atoms with Crippen LogP contribution in [0.4, 0.5) is 5.69 Å². The van der Waals surface area contributed by atoms with E-state index in [1.807, 2.05) is 73.8 Å². The Kier molecular flexibility index (Phi) is 6.41. The zero-order valence-electron chi connectivity index (χ0n) is 15.3. The Morgan fingerprint density at radius 1 is 0.963 bits per heavy atom. The number of carbonyl (C=O) groups is 1. The highest BCUT2D eigenvalue weighted by Crippen LogP contribution is 2.22. The standard InChI is InChI=1S/C22H23N3O2/c1-25(16-13-18-11-14-23-15-12-18)22(26)17-24-19-7-9-21(10-8-19)27-20-5-3-2-4-6-20/h2-12,14-15,24H,13,16-17H2,1H3. The van der Waals surface area contributed by atoms with Gasteiger partial charge in [-0.05, 0) is 60.5 Å². The van der Waals surface area contributed by atoms with Gasteiger partial charge in [-0.2, -0.15) is 0 Å². The van der Waals surface area contributed by atoms with E-state index in [-0.39, 0.29) is 12.5 Å². The third-order valence-corrected chi connectivity index (χ3v) is 4.19. The number of hydrogen-bond acceptors (Lipinski definition) is 4. The molecule has 3 aromatic rings. The fourth-order valence-corrected chi connectivity index (χ4v) is 2.55. The van der Waals surface area contributed by atoms with Crippen LogP contribution in [0, 0.1) is 0 Å². The van der Waals surface area contributed by atoms with Crippen molar-refractivity contribution in [2.24, 2.45) is 0 Å². The van der Waals surface area contributed by atoms with Crippen molar-refractivity contribution >= 4 is 11.6 Å². The highest BCUT2D eigenvalue weighted by Gasteiger charge is 2.08. The van der Waals surface area contributed by atoms with Crippen molar-refractivity contribution in [3.05, 3.63) is 84.7 Å². The predicted molar refractivity (Wildman–Crippen MR) is 107 cm³/mol. The Morgan fingerprint density at radius 3 is 2.33 bits per heavy atom. The van der Waals surface area contributed by atoms with Crippen molar-refractivity contribution in [3.8, 4) is 11.5 Å². The van der Waals surface area contributed by atoms with Crippen LogP contribution in [0.5, 0.6) is 11.5 Å². The highest BCUT2D eigenvalue weighted by atomic mass is 16.5. The first kappa shape index (κ1) is 18.5. The molecule has 2 aromatic carbocycles. The molecular formula is C22H23N3O2. The first-order valence-corrected chi connectivity index (χ1v) is 8.90. The van der Waals surface area contributed by atoms with E-state index in [0.717, 1.165) is 23.6 Å². The third-order valence-electron chi connectivity index (χ3n) is 4.19. The van der Waals surface area contributed by atoms with Gasteiger partial charge in [0, 0.05) is 31.7 Å². The van der Waals surface area contributed by atoms with Crippen molar-refractivity contribution in [2.45, 2.75) is 6.42 Å². The van der Waals surface area contributed by atoms with Crippen LogP contribution in [0.2, 0.25) is 0 Å². The minimum atomic E-state index is 0.0497. The summed E-state index contributed by atoms with van der Waals surface area (Å²) >= 11 is 0. The zero-order chi connectivity index (χ0) is 18.9. The number of aromatic nitrogens is 1. The lowest BCUT2D eigenvalue weighted by molar-refractivity contribution is -0.127. The Bertz CT molecular complexity index is 836. The lowest BCUT2D eigenvalue weighted by Crippen LogP contribution is -2.33. The van der Waals surface area contributed by atoms with Gasteiger partial charge in [0.2, 0.25) is 5.91 Å². The molecule has 0 unspecified atom stereocenters. The molecule has 1 amide bonds. The molecule has 0 aliphatic heterocycles. The van der Waals surface area contributed by atoms with E-state index in [2.05, 4.69) is 10.3 Å². The van der Waals surface area contributed by atoms with Crippen molar-refractivity contribution in [1.29, 1.82) is 0 Å². The van der Waals surface area contributed by atoms with Gasteiger partial charge >= 0.3 is 0 Å². The Hall–Kier alpha value is -3.34. The second-order valence-corrected chi connectivity index (χ2v) is 6.21. The van der Waals surface area contributed by atoms with E-state index >= 15 is 0 Å². The minimum absolute atomic E-state index is 0.0497. The van der Waals surface area contributed by atoms with Gasteiger partial charge in [-0.15, -0.1) is 0 Å². The van der Waals surface area contributed by atoms with Crippen LogP contribution >= 0.6 is 0 Å². The molecule has 0 fully saturated rings. The molecule has 1 aromatic heterocycles. The SMILES string of the molecule is CN(CCc1ccncc1)C(=O)CNc1ccc(Oc2ccccc2)cc1. The molecule has 5 nitrogen and oxygen atoms in total. The number of nitrogens with one attached hydrogen (secondary N) is 1. The maximum atomic E-state index is 12.3. The maximum absolute atomic E-state index is 12.3. The van der Waals surface area contributed by atoms with E-state index in [9.17, 15) is 4.79 Å². The lowest BCUT2D eigenvalue weighted by Gasteiger charge is -2.18. The van der Waals surface area contributed by atoms with Crippen LogP contribution in [0.25, 0.3) is 0 Å². The minimum Gasteiger partial charge on any atom is -0.457 e. The molecule has 1 N–H and O–H groups in total. The number of ether oxygens (including phenoxy) is 1. The third kappa shape index (κ3) is 5.85. The molecule has 0 aliphatic rings. The summed E-state index contributed by atoms with van der Waals surface area (Å²) in [5.41, 5.74) is 2.05. The van der Waals surface area contributed by atoms with Crippen LogP contribution < -0.4 is 10.1 Å². The summed E-state index contributed by atoms with van der Waals surface area (Å²) in [6.45, 7) is 0.931. The highest BCUT2D eigenvalue weighted by molar-refractivity contribution is 5.80. The molecule has 0 atom stereocenters. The van der Waals surface area contributed by atoms with Crippen molar-refractivity contribution in [2.75, 3.05) is 25.5 Å². The number of rotatable bonds is 8. The second-order valence-electron chi connectivity index (χ2n) is 6.21. The molecule has 1 heterocycles. The van der Waals surface area contributed by atoms with Gasteiger partial charge in [0.15, 0.2) is 0 Å².